The summed E-state index contributed by atoms with van der Waals surface area (Å²) in [5.41, 5.74) is 0.764. The summed E-state index contributed by atoms with van der Waals surface area (Å²) in [5.74, 6) is 1.45. The van der Waals surface area contributed by atoms with Gasteiger partial charge in [0.15, 0.2) is 11.5 Å². The lowest BCUT2D eigenvalue weighted by atomic mass is 10.1. The van der Waals surface area contributed by atoms with Crippen molar-refractivity contribution >= 4 is 17.6 Å². The van der Waals surface area contributed by atoms with Gasteiger partial charge in [0.1, 0.15) is 0 Å². The number of urea groups is 1. The van der Waals surface area contributed by atoms with Crippen LogP contribution in [0.25, 0.3) is 5.65 Å². The van der Waals surface area contributed by atoms with Crippen LogP contribution in [0.2, 0.25) is 0 Å². The molecule has 9 heteroatoms. The summed E-state index contributed by atoms with van der Waals surface area (Å²) in [6.07, 6.45) is 7.09. The Kier molecular flexibility index (Phi) is 4.59. The first-order valence-electron chi connectivity index (χ1n) is 8.64. The number of fused-ring (bicyclic) bond motifs is 1. The van der Waals surface area contributed by atoms with Crippen LogP contribution in [-0.2, 0) is 6.54 Å². The van der Waals surface area contributed by atoms with E-state index in [1.54, 1.807) is 18.5 Å². The molecule has 0 radical (unpaired) electrons. The molecule has 0 spiro atoms. The molecule has 0 atom stereocenters. The van der Waals surface area contributed by atoms with Crippen molar-refractivity contribution in [2.24, 2.45) is 0 Å². The van der Waals surface area contributed by atoms with Crippen molar-refractivity contribution in [2.45, 2.75) is 25.4 Å². The first kappa shape index (κ1) is 16.2. The Balaban J connectivity index is 1.25. The maximum Gasteiger partial charge on any atom is 0.315 e. The minimum Gasteiger partial charge on any atom is -0.341 e. The highest BCUT2D eigenvalue weighted by atomic mass is 16.2. The van der Waals surface area contributed by atoms with Gasteiger partial charge in [0, 0.05) is 37.7 Å². The van der Waals surface area contributed by atoms with Gasteiger partial charge in [-0.3, -0.25) is 4.40 Å². The molecule has 1 saturated heterocycles. The van der Waals surface area contributed by atoms with Crippen molar-refractivity contribution in [1.82, 2.24) is 35.2 Å². The molecule has 1 aliphatic rings. The van der Waals surface area contributed by atoms with Crippen molar-refractivity contribution in [3.05, 3.63) is 48.7 Å². The lowest BCUT2D eigenvalue weighted by Crippen LogP contribution is -2.48. The second-order valence-electron chi connectivity index (χ2n) is 6.18. The van der Waals surface area contributed by atoms with Crippen molar-refractivity contribution in [2.75, 3.05) is 18.0 Å². The fourth-order valence-electron chi connectivity index (χ4n) is 3.09. The van der Waals surface area contributed by atoms with Gasteiger partial charge in [0.05, 0.1) is 6.54 Å². The standard InChI is InChI=1S/C17H20N8O/c26-17(20-12-15-23-22-14-4-1-2-9-25(14)15)21-13-5-10-24(11-6-13)16-18-7-3-8-19-16/h1-4,7-9,13H,5-6,10-12H2,(H2,20,21,26). The molecule has 0 bridgehead atoms. The molecular weight excluding hydrogens is 332 g/mol. The molecule has 1 aliphatic heterocycles. The molecule has 3 aromatic heterocycles. The maximum atomic E-state index is 12.2. The Morgan fingerprint density at radius 2 is 1.92 bits per heavy atom. The summed E-state index contributed by atoms with van der Waals surface area (Å²) >= 11 is 0. The molecule has 0 aliphatic carbocycles. The van der Waals surface area contributed by atoms with E-state index in [-0.39, 0.29) is 12.1 Å². The molecular formula is C17H20N8O. The number of hydrogen-bond acceptors (Lipinski definition) is 6. The van der Waals surface area contributed by atoms with Crippen molar-refractivity contribution < 1.29 is 4.79 Å². The number of amides is 2. The van der Waals surface area contributed by atoms with Gasteiger partial charge in [-0.15, -0.1) is 10.2 Å². The topological polar surface area (TPSA) is 100 Å². The highest BCUT2D eigenvalue weighted by molar-refractivity contribution is 5.74. The quantitative estimate of drug-likeness (QED) is 0.726. The van der Waals surface area contributed by atoms with Crippen LogP contribution in [0.1, 0.15) is 18.7 Å². The number of hydrogen-bond donors (Lipinski definition) is 2. The molecule has 4 rings (SSSR count). The van der Waals surface area contributed by atoms with Crippen LogP contribution in [0.3, 0.4) is 0 Å². The monoisotopic (exact) mass is 352 g/mol. The van der Waals surface area contributed by atoms with E-state index in [0.717, 1.165) is 37.5 Å². The molecule has 134 valence electrons. The third-order valence-electron chi connectivity index (χ3n) is 4.46. The van der Waals surface area contributed by atoms with Crippen LogP contribution in [0.4, 0.5) is 10.7 Å². The molecule has 2 amide bonds. The van der Waals surface area contributed by atoms with Crippen LogP contribution >= 0.6 is 0 Å². The molecule has 26 heavy (non-hydrogen) atoms. The molecule has 3 aromatic rings. The Labute approximate surface area is 150 Å². The summed E-state index contributed by atoms with van der Waals surface area (Å²) in [4.78, 5) is 22.9. The number of nitrogens with one attached hydrogen (secondary N) is 2. The third-order valence-corrected chi connectivity index (χ3v) is 4.46. The molecule has 4 heterocycles. The third kappa shape index (κ3) is 3.56. The average molecular weight is 352 g/mol. The highest BCUT2D eigenvalue weighted by Gasteiger charge is 2.22. The van der Waals surface area contributed by atoms with E-state index < -0.39 is 0 Å². The minimum absolute atomic E-state index is 0.144. The zero-order valence-corrected chi connectivity index (χ0v) is 14.2. The fraction of sp³-hybridized carbons (Fsp3) is 0.353. The number of rotatable bonds is 4. The van der Waals surface area contributed by atoms with E-state index in [0.29, 0.717) is 12.4 Å². The predicted octanol–water partition coefficient (Wildman–Crippen LogP) is 0.987. The lowest BCUT2D eigenvalue weighted by molar-refractivity contribution is 0.233. The summed E-state index contributed by atoms with van der Waals surface area (Å²) in [7, 11) is 0. The summed E-state index contributed by atoms with van der Waals surface area (Å²) in [6, 6.07) is 7.45. The van der Waals surface area contributed by atoms with E-state index in [1.165, 1.54) is 0 Å². The van der Waals surface area contributed by atoms with Crippen molar-refractivity contribution in [3.63, 3.8) is 0 Å². The van der Waals surface area contributed by atoms with Crippen molar-refractivity contribution in [1.29, 1.82) is 0 Å². The molecule has 0 saturated carbocycles. The summed E-state index contributed by atoms with van der Waals surface area (Å²) in [5, 5.41) is 14.1. The van der Waals surface area contributed by atoms with Crippen LogP contribution in [-0.4, -0.2) is 49.7 Å². The molecule has 0 aromatic carbocycles. The number of carbonyl (C=O) groups is 1. The zero-order valence-electron chi connectivity index (χ0n) is 14.2. The second kappa shape index (κ2) is 7.34. The van der Waals surface area contributed by atoms with Gasteiger partial charge in [-0.05, 0) is 31.0 Å². The highest BCUT2D eigenvalue weighted by Crippen LogP contribution is 2.15. The number of carbonyl (C=O) groups excluding carboxylic acids is 1. The van der Waals surface area contributed by atoms with Gasteiger partial charge in [-0.25, -0.2) is 14.8 Å². The molecule has 0 unspecified atom stereocenters. The van der Waals surface area contributed by atoms with Crippen molar-refractivity contribution in [3.8, 4) is 0 Å². The van der Waals surface area contributed by atoms with Crippen LogP contribution < -0.4 is 15.5 Å². The number of piperidine rings is 1. The smallest absolute Gasteiger partial charge is 0.315 e. The van der Waals surface area contributed by atoms with Gasteiger partial charge in [-0.2, -0.15) is 0 Å². The van der Waals surface area contributed by atoms with Gasteiger partial charge < -0.3 is 15.5 Å². The SMILES string of the molecule is O=C(NCc1nnc2ccccn12)NC1CCN(c2ncccn2)CC1. The largest absolute Gasteiger partial charge is 0.341 e. The number of nitrogens with zero attached hydrogens (tertiary/aromatic N) is 6. The van der Waals surface area contributed by atoms with Gasteiger partial charge in [-0.1, -0.05) is 6.07 Å². The van der Waals surface area contributed by atoms with E-state index >= 15 is 0 Å². The maximum absolute atomic E-state index is 12.2. The Morgan fingerprint density at radius 3 is 2.73 bits per heavy atom. The number of anilines is 1. The lowest BCUT2D eigenvalue weighted by Gasteiger charge is -2.32. The van der Waals surface area contributed by atoms with Crippen LogP contribution in [0, 0.1) is 0 Å². The van der Waals surface area contributed by atoms with Crippen LogP contribution in [0.5, 0.6) is 0 Å². The first-order chi connectivity index (χ1) is 12.8. The second-order valence-corrected chi connectivity index (χ2v) is 6.18. The fourth-order valence-corrected chi connectivity index (χ4v) is 3.09. The van der Waals surface area contributed by atoms with E-state index in [4.69, 9.17) is 0 Å². The summed E-state index contributed by atoms with van der Waals surface area (Å²) in [6.45, 7) is 1.97. The van der Waals surface area contributed by atoms with E-state index in [2.05, 4.69) is 35.7 Å². The molecule has 1 fully saturated rings. The zero-order chi connectivity index (χ0) is 17.8. The predicted molar refractivity (Wildman–Crippen MR) is 95.6 cm³/mol. The Morgan fingerprint density at radius 1 is 1.12 bits per heavy atom. The number of aromatic nitrogens is 5. The number of pyridine rings is 1. The van der Waals surface area contributed by atoms with E-state index in [1.807, 2.05) is 28.8 Å². The van der Waals surface area contributed by atoms with Gasteiger partial charge >= 0.3 is 6.03 Å². The average Bonchev–Trinajstić information content (AvgIpc) is 3.11. The molecule has 2 N–H and O–H groups in total. The van der Waals surface area contributed by atoms with E-state index in [9.17, 15) is 4.79 Å². The Bertz CT molecular complexity index is 873. The summed E-state index contributed by atoms with van der Waals surface area (Å²) < 4.78 is 1.86. The minimum atomic E-state index is -0.188. The normalized spacial score (nSPS) is 15.2. The van der Waals surface area contributed by atoms with Gasteiger partial charge in [0.25, 0.3) is 0 Å². The first-order valence-corrected chi connectivity index (χ1v) is 8.64. The Hall–Kier alpha value is -3.23. The van der Waals surface area contributed by atoms with Gasteiger partial charge in [0.2, 0.25) is 5.95 Å². The molecule has 9 nitrogen and oxygen atoms in total. The van der Waals surface area contributed by atoms with Crippen LogP contribution in [0.15, 0.2) is 42.9 Å².